The quantitative estimate of drug-likeness (QED) is 0.772. The molecule has 0 unspecified atom stereocenters. The second-order valence-electron chi connectivity index (χ2n) is 4.94. The van der Waals surface area contributed by atoms with Gasteiger partial charge in [0, 0.05) is 41.7 Å². The molecule has 0 radical (unpaired) electrons. The molecule has 0 fully saturated rings. The molecule has 3 nitrogen and oxygen atoms in total. The van der Waals surface area contributed by atoms with E-state index >= 15 is 0 Å². The number of nitrogens with zero attached hydrogens (tertiary/aromatic N) is 1. The smallest absolute Gasteiger partial charge is 0.286 e. The average Bonchev–Trinajstić information content (AvgIpc) is 2.49. The van der Waals surface area contributed by atoms with E-state index in [1.165, 1.54) is 25.4 Å². The fourth-order valence-corrected chi connectivity index (χ4v) is 2.52. The van der Waals surface area contributed by atoms with Crippen LogP contribution in [-0.2, 0) is 13.5 Å². The van der Waals surface area contributed by atoms with Crippen molar-refractivity contribution in [2.45, 2.75) is 19.8 Å². The van der Waals surface area contributed by atoms with Crippen LogP contribution in [-0.4, -0.2) is 10.4 Å². The molecule has 1 aromatic carbocycles. The molecule has 0 saturated carbocycles. The first kappa shape index (κ1) is 16.5. The van der Waals surface area contributed by atoms with Gasteiger partial charge in [-0.25, -0.2) is 8.78 Å². The molecule has 0 aliphatic heterocycles. The van der Waals surface area contributed by atoms with Gasteiger partial charge in [0.05, 0.1) is 0 Å². The van der Waals surface area contributed by atoms with E-state index in [1.807, 2.05) is 0 Å². The third-order valence-corrected chi connectivity index (χ3v) is 3.92. The first-order valence-corrected chi connectivity index (χ1v) is 7.49. The van der Waals surface area contributed by atoms with E-state index in [9.17, 15) is 18.4 Å². The van der Waals surface area contributed by atoms with Gasteiger partial charge in [0.2, 0.25) is 0 Å². The molecule has 0 spiro atoms. The zero-order valence-electron chi connectivity index (χ0n) is 12.1. The van der Waals surface area contributed by atoms with Crippen molar-refractivity contribution in [3.05, 3.63) is 67.5 Å². The summed E-state index contributed by atoms with van der Waals surface area (Å²) in [7, 11) is 1.38. The van der Waals surface area contributed by atoms with Gasteiger partial charge >= 0.3 is 0 Å². The number of ketones is 1. The minimum absolute atomic E-state index is 0.0591. The number of aryl methyl sites for hydroxylation is 1. The molecule has 0 amide bonds. The molecule has 6 heteroatoms. The second kappa shape index (κ2) is 6.52. The lowest BCUT2D eigenvalue weighted by Gasteiger charge is -2.12. The number of hydrogen-bond acceptors (Lipinski definition) is 2. The first-order chi connectivity index (χ1) is 10.3. The van der Waals surface area contributed by atoms with Gasteiger partial charge in [-0.3, -0.25) is 9.59 Å². The average molecular weight is 370 g/mol. The minimum atomic E-state index is -1.01. The maximum absolute atomic E-state index is 14.3. The summed E-state index contributed by atoms with van der Waals surface area (Å²) >= 11 is 3.14. The molecule has 0 aliphatic rings. The summed E-state index contributed by atoms with van der Waals surface area (Å²) in [6, 6.07) is 4.38. The van der Waals surface area contributed by atoms with Gasteiger partial charge in [0.15, 0.2) is 11.6 Å². The van der Waals surface area contributed by atoms with E-state index in [1.54, 1.807) is 13.0 Å². The normalized spacial score (nSPS) is 10.8. The maximum Gasteiger partial charge on any atom is 0.286 e. The number of Topliss-reactive ketones (excluding diaryl/α,β-unsaturated/α-hetero) is 1. The number of carbonyl (C=O) groups is 1. The highest BCUT2D eigenvalue weighted by Gasteiger charge is 2.20. The Balaban J connectivity index is 2.60. The fourth-order valence-electron chi connectivity index (χ4n) is 2.19. The summed E-state index contributed by atoms with van der Waals surface area (Å²) in [6.07, 6.45) is 1.33. The molecular formula is C16H14BrF2NO2. The Morgan fingerprint density at radius 2 is 2.00 bits per heavy atom. The highest BCUT2D eigenvalue weighted by molar-refractivity contribution is 9.10. The Kier molecular flexibility index (Phi) is 4.90. The van der Waals surface area contributed by atoms with Crippen molar-refractivity contribution in [2.24, 2.45) is 7.05 Å². The van der Waals surface area contributed by atoms with E-state index in [0.717, 1.165) is 4.57 Å². The van der Waals surface area contributed by atoms with Crippen molar-refractivity contribution in [1.82, 2.24) is 4.57 Å². The van der Waals surface area contributed by atoms with Crippen LogP contribution in [0.25, 0.3) is 0 Å². The fraction of sp³-hybridized carbons (Fsp3) is 0.250. The summed E-state index contributed by atoms with van der Waals surface area (Å²) in [6.45, 7) is 1.65. The Morgan fingerprint density at radius 1 is 1.32 bits per heavy atom. The number of carbonyl (C=O) groups excluding carboxylic acids is 1. The predicted octanol–water partition coefficient (Wildman–Crippen LogP) is 3.61. The van der Waals surface area contributed by atoms with Crippen LogP contribution in [0.4, 0.5) is 8.78 Å². The number of aromatic nitrogens is 1. The molecule has 0 bridgehead atoms. The van der Waals surface area contributed by atoms with E-state index in [2.05, 4.69) is 15.9 Å². The third-order valence-electron chi connectivity index (χ3n) is 3.42. The topological polar surface area (TPSA) is 39.1 Å². The second-order valence-corrected chi connectivity index (χ2v) is 5.86. The van der Waals surface area contributed by atoms with Crippen molar-refractivity contribution >= 4 is 21.7 Å². The molecule has 1 heterocycles. The molecule has 1 aromatic heterocycles. The van der Waals surface area contributed by atoms with Crippen molar-refractivity contribution in [3.8, 4) is 0 Å². The zero-order valence-corrected chi connectivity index (χ0v) is 13.7. The van der Waals surface area contributed by atoms with Crippen molar-refractivity contribution in [2.75, 3.05) is 0 Å². The Morgan fingerprint density at radius 3 is 2.59 bits per heavy atom. The number of pyridine rings is 1. The highest BCUT2D eigenvalue weighted by atomic mass is 79.9. The number of rotatable bonds is 4. The van der Waals surface area contributed by atoms with Gasteiger partial charge < -0.3 is 4.57 Å². The number of benzene rings is 1. The summed E-state index contributed by atoms with van der Waals surface area (Å²) in [5, 5.41) is 0. The lowest BCUT2D eigenvalue weighted by atomic mass is 9.97. The van der Waals surface area contributed by atoms with E-state index in [-0.39, 0.29) is 35.3 Å². The molecule has 0 saturated heterocycles. The first-order valence-electron chi connectivity index (χ1n) is 6.70. The van der Waals surface area contributed by atoms with Crippen LogP contribution in [0.5, 0.6) is 0 Å². The van der Waals surface area contributed by atoms with Crippen LogP contribution in [0.3, 0.4) is 0 Å². The molecule has 0 N–H and O–H groups in total. The molecule has 116 valence electrons. The van der Waals surface area contributed by atoms with Crippen molar-refractivity contribution in [1.29, 1.82) is 0 Å². The monoisotopic (exact) mass is 369 g/mol. The highest BCUT2D eigenvalue weighted by Crippen LogP contribution is 2.21. The van der Waals surface area contributed by atoms with Gasteiger partial charge in [-0.15, -0.1) is 0 Å². The van der Waals surface area contributed by atoms with E-state index in [0.29, 0.717) is 4.47 Å². The standard InChI is InChI=1S/C16H14BrF2NO2/c1-3-14(21)12-8-20(2)16(22)15(19)11(12)6-9-4-5-10(17)7-13(9)18/h4-5,7-8H,3,6H2,1-2H3. The summed E-state index contributed by atoms with van der Waals surface area (Å²) < 4.78 is 29.8. The largest absolute Gasteiger partial charge is 0.315 e. The van der Waals surface area contributed by atoms with E-state index < -0.39 is 17.2 Å². The van der Waals surface area contributed by atoms with Crippen molar-refractivity contribution in [3.63, 3.8) is 0 Å². The number of hydrogen-bond donors (Lipinski definition) is 0. The minimum Gasteiger partial charge on any atom is -0.315 e. The lowest BCUT2D eigenvalue weighted by molar-refractivity contribution is 0.0986. The Bertz CT molecular complexity index is 799. The predicted molar refractivity (Wildman–Crippen MR) is 83.2 cm³/mol. The number of halogens is 3. The summed E-state index contributed by atoms with van der Waals surface area (Å²) in [5.41, 5.74) is -0.554. The molecule has 2 aromatic rings. The molecule has 2 rings (SSSR count). The van der Waals surface area contributed by atoms with Gasteiger partial charge in [0.1, 0.15) is 5.82 Å². The zero-order chi connectivity index (χ0) is 16.4. The summed E-state index contributed by atoms with van der Waals surface area (Å²) in [4.78, 5) is 23.8. The van der Waals surface area contributed by atoms with Crippen LogP contribution in [0.2, 0.25) is 0 Å². The Labute approximate surface area is 134 Å². The molecule has 0 atom stereocenters. The summed E-state index contributed by atoms with van der Waals surface area (Å²) in [5.74, 6) is -1.82. The molecular weight excluding hydrogens is 356 g/mol. The van der Waals surface area contributed by atoms with Gasteiger partial charge in [-0.05, 0) is 17.7 Å². The molecule has 0 aliphatic carbocycles. The van der Waals surface area contributed by atoms with Gasteiger partial charge in [-0.2, -0.15) is 0 Å². The van der Waals surface area contributed by atoms with Crippen LogP contribution in [0.1, 0.15) is 34.8 Å². The van der Waals surface area contributed by atoms with Gasteiger partial charge in [0.25, 0.3) is 5.56 Å². The molecule has 22 heavy (non-hydrogen) atoms. The lowest BCUT2D eigenvalue weighted by Crippen LogP contribution is -2.25. The van der Waals surface area contributed by atoms with Crippen LogP contribution in [0, 0.1) is 11.6 Å². The van der Waals surface area contributed by atoms with Crippen LogP contribution < -0.4 is 5.56 Å². The maximum atomic E-state index is 14.3. The SMILES string of the molecule is CCC(=O)c1cn(C)c(=O)c(F)c1Cc1ccc(Br)cc1F. The third kappa shape index (κ3) is 3.16. The van der Waals surface area contributed by atoms with Gasteiger partial charge in [-0.1, -0.05) is 28.9 Å². The van der Waals surface area contributed by atoms with Crippen LogP contribution in [0.15, 0.2) is 33.7 Å². The van der Waals surface area contributed by atoms with E-state index in [4.69, 9.17) is 0 Å². The van der Waals surface area contributed by atoms with Crippen LogP contribution >= 0.6 is 15.9 Å². The van der Waals surface area contributed by atoms with Crippen molar-refractivity contribution < 1.29 is 13.6 Å². The Hall–Kier alpha value is -1.82.